The molecule has 13 heteroatoms. The van der Waals surface area contributed by atoms with E-state index >= 15 is 0 Å². The molecule has 0 unspecified atom stereocenters. The van der Waals surface area contributed by atoms with Crippen LogP contribution in [0.4, 0.5) is 18.9 Å². The van der Waals surface area contributed by atoms with E-state index in [0.717, 1.165) is 47.7 Å². The molecule has 1 aromatic heterocycles. The van der Waals surface area contributed by atoms with Crippen molar-refractivity contribution < 1.29 is 27.6 Å². The smallest absolute Gasteiger partial charge is 0.276 e. The average molecular weight is 620 g/mol. The van der Waals surface area contributed by atoms with Gasteiger partial charge in [0.05, 0.1) is 17.7 Å². The van der Waals surface area contributed by atoms with Crippen LogP contribution in [0.2, 0.25) is 0 Å². The quantitative estimate of drug-likeness (QED) is 0.422. The Morgan fingerprint density at radius 3 is 2.69 bits per heavy atom. The van der Waals surface area contributed by atoms with Crippen LogP contribution in [0.15, 0.2) is 36.5 Å². The van der Waals surface area contributed by atoms with Gasteiger partial charge in [-0.2, -0.15) is 5.26 Å². The molecule has 234 valence electrons. The molecule has 4 heterocycles. The highest BCUT2D eigenvalue weighted by Crippen LogP contribution is 2.47. The Bertz CT molecular complexity index is 1720. The van der Waals surface area contributed by atoms with Gasteiger partial charge in [0, 0.05) is 37.3 Å². The molecule has 0 aliphatic carbocycles. The fourth-order valence-electron chi connectivity index (χ4n) is 6.73. The number of anilines is 1. The van der Waals surface area contributed by atoms with Gasteiger partial charge < -0.3 is 15.1 Å². The summed E-state index contributed by atoms with van der Waals surface area (Å²) >= 11 is 0. The standard InChI is InChI=1S/C32H32F3N7O3/c1-2-3-8-27-30(44)41-18-32(15-20(41)16-36)21-12-19(9-10-25(21)37-31(32)45)7-5-4-6-11-40(27)29(43)26-17-42(39-38-26)28-14-23(34)22(33)13-24(28)35/h9-10,12-14,17,20,27H,2-8,11,15,18H2,1H3,(H,37,45)/t20-,27-,32-/m0/s1. The third-order valence-corrected chi connectivity index (χ3v) is 9.14. The topological polar surface area (TPSA) is 124 Å². The van der Waals surface area contributed by atoms with Crippen LogP contribution in [0.5, 0.6) is 0 Å². The molecule has 1 spiro atoms. The zero-order chi connectivity index (χ0) is 31.9. The Labute approximate surface area is 257 Å². The molecule has 3 aliphatic heterocycles. The third kappa shape index (κ3) is 5.32. The van der Waals surface area contributed by atoms with E-state index < -0.39 is 52.5 Å². The number of hydrogen-bond acceptors (Lipinski definition) is 6. The van der Waals surface area contributed by atoms with Gasteiger partial charge in [-0.1, -0.05) is 43.5 Å². The van der Waals surface area contributed by atoms with Crippen molar-refractivity contribution in [2.45, 2.75) is 75.8 Å². The van der Waals surface area contributed by atoms with Crippen LogP contribution >= 0.6 is 0 Å². The number of unbranched alkanes of at least 4 members (excludes halogenated alkanes) is 1. The summed E-state index contributed by atoms with van der Waals surface area (Å²) < 4.78 is 42.7. The van der Waals surface area contributed by atoms with Crippen LogP contribution in [-0.4, -0.2) is 67.7 Å². The van der Waals surface area contributed by atoms with Gasteiger partial charge in [0.1, 0.15) is 17.8 Å². The number of aromatic nitrogens is 3. The van der Waals surface area contributed by atoms with Crippen molar-refractivity contribution in [2.24, 2.45) is 0 Å². The second kappa shape index (κ2) is 12.0. The number of fused-ring (bicyclic) bond motifs is 2. The van der Waals surface area contributed by atoms with Crippen molar-refractivity contribution in [1.29, 1.82) is 5.26 Å². The molecular formula is C32H32F3N7O3. The Hall–Kier alpha value is -4.73. The van der Waals surface area contributed by atoms with Crippen LogP contribution in [-0.2, 0) is 21.4 Å². The number of halogens is 3. The minimum absolute atomic E-state index is 0.00257. The fraction of sp³-hybridized carbons (Fsp3) is 0.438. The largest absolute Gasteiger partial charge is 0.325 e. The van der Waals surface area contributed by atoms with Crippen molar-refractivity contribution in [1.82, 2.24) is 24.8 Å². The first-order valence-electron chi connectivity index (χ1n) is 15.2. The number of nitrogens with one attached hydrogen (secondary N) is 1. The number of benzene rings is 2. The van der Waals surface area contributed by atoms with Crippen molar-refractivity contribution in [3.8, 4) is 11.8 Å². The van der Waals surface area contributed by atoms with Crippen LogP contribution < -0.4 is 5.32 Å². The number of amides is 3. The average Bonchev–Trinajstić information content (AvgIpc) is 3.74. The zero-order valence-electron chi connectivity index (χ0n) is 24.7. The zero-order valence-corrected chi connectivity index (χ0v) is 24.7. The molecule has 1 N–H and O–H groups in total. The van der Waals surface area contributed by atoms with Crippen LogP contribution in [0.3, 0.4) is 0 Å². The van der Waals surface area contributed by atoms with Crippen molar-refractivity contribution in [2.75, 3.05) is 18.4 Å². The molecule has 3 aliphatic rings. The lowest BCUT2D eigenvalue weighted by Gasteiger charge is -2.34. The van der Waals surface area contributed by atoms with E-state index in [1.807, 2.05) is 25.1 Å². The maximum atomic E-state index is 14.5. The number of aryl methyl sites for hydroxylation is 1. The van der Waals surface area contributed by atoms with Crippen molar-refractivity contribution in [3.63, 3.8) is 0 Å². The lowest BCUT2D eigenvalue weighted by atomic mass is 9.79. The van der Waals surface area contributed by atoms with E-state index in [4.69, 9.17) is 0 Å². The molecule has 4 bridgehead atoms. The summed E-state index contributed by atoms with van der Waals surface area (Å²) in [7, 11) is 0. The lowest BCUT2D eigenvalue weighted by molar-refractivity contribution is -0.136. The van der Waals surface area contributed by atoms with Gasteiger partial charge in [0.25, 0.3) is 5.91 Å². The second-order valence-electron chi connectivity index (χ2n) is 12.0. The van der Waals surface area contributed by atoms with Gasteiger partial charge in [0.15, 0.2) is 23.1 Å². The van der Waals surface area contributed by atoms with Crippen molar-refractivity contribution in [3.05, 3.63) is 70.8 Å². The Morgan fingerprint density at radius 2 is 1.91 bits per heavy atom. The summed E-state index contributed by atoms with van der Waals surface area (Å²) in [4.78, 5) is 44.8. The van der Waals surface area contributed by atoms with E-state index in [0.29, 0.717) is 37.1 Å². The molecule has 10 nitrogen and oxygen atoms in total. The molecule has 6 rings (SSSR count). The second-order valence-corrected chi connectivity index (χ2v) is 12.0. The summed E-state index contributed by atoms with van der Waals surface area (Å²) in [6.45, 7) is 2.16. The number of rotatable bonds is 5. The molecule has 45 heavy (non-hydrogen) atoms. The predicted octanol–water partition coefficient (Wildman–Crippen LogP) is 4.43. The van der Waals surface area contributed by atoms with Gasteiger partial charge >= 0.3 is 0 Å². The number of nitriles is 1. The van der Waals surface area contributed by atoms with Gasteiger partial charge in [-0.25, -0.2) is 17.9 Å². The summed E-state index contributed by atoms with van der Waals surface area (Å²) in [6.07, 6.45) is 5.79. The lowest BCUT2D eigenvalue weighted by Crippen LogP contribution is -2.53. The van der Waals surface area contributed by atoms with Gasteiger partial charge in [-0.3, -0.25) is 14.4 Å². The monoisotopic (exact) mass is 619 g/mol. The van der Waals surface area contributed by atoms with E-state index in [1.54, 1.807) is 0 Å². The van der Waals surface area contributed by atoms with Crippen molar-refractivity contribution >= 4 is 23.4 Å². The number of carbonyl (C=O) groups is 3. The molecule has 2 aromatic carbocycles. The Balaban J connectivity index is 1.38. The summed E-state index contributed by atoms with van der Waals surface area (Å²) in [5.74, 6) is -5.08. The summed E-state index contributed by atoms with van der Waals surface area (Å²) in [5, 5.41) is 20.8. The summed E-state index contributed by atoms with van der Waals surface area (Å²) in [6, 6.07) is 7.24. The van der Waals surface area contributed by atoms with E-state index in [1.165, 1.54) is 9.80 Å². The van der Waals surface area contributed by atoms with Gasteiger partial charge in [0.2, 0.25) is 11.8 Å². The highest BCUT2D eigenvalue weighted by Gasteiger charge is 2.57. The van der Waals surface area contributed by atoms with Crippen LogP contribution in [0.1, 0.15) is 73.5 Å². The van der Waals surface area contributed by atoms with Crippen LogP contribution in [0, 0.1) is 28.8 Å². The molecule has 1 saturated heterocycles. The molecular weight excluding hydrogens is 587 g/mol. The first-order valence-corrected chi connectivity index (χ1v) is 15.2. The summed E-state index contributed by atoms with van der Waals surface area (Å²) in [5.41, 5.74) is 0.802. The van der Waals surface area contributed by atoms with E-state index in [-0.39, 0.29) is 31.1 Å². The molecule has 3 atom stereocenters. The highest BCUT2D eigenvalue weighted by atomic mass is 19.2. The minimum atomic E-state index is -1.37. The normalized spacial score (nSPS) is 23.1. The predicted molar refractivity (Wildman–Crippen MR) is 156 cm³/mol. The SMILES string of the molecule is CCCC[C@H]1C(=O)N2C[C@]3(C[C@H]2C#N)C(=O)Nc2ccc(cc23)CCCCCN1C(=O)c1cn(-c2cc(F)c(F)cc2F)nn1. The maximum absolute atomic E-state index is 14.5. The van der Waals surface area contributed by atoms with Gasteiger partial charge in [-0.15, -0.1) is 5.10 Å². The molecule has 0 saturated carbocycles. The minimum Gasteiger partial charge on any atom is -0.325 e. The number of nitrogens with zero attached hydrogens (tertiary/aromatic N) is 6. The first kappa shape index (κ1) is 30.3. The molecule has 3 aromatic rings. The third-order valence-electron chi connectivity index (χ3n) is 9.14. The maximum Gasteiger partial charge on any atom is 0.276 e. The molecule has 0 radical (unpaired) electrons. The number of hydrogen-bond donors (Lipinski definition) is 1. The highest BCUT2D eigenvalue weighted by molar-refractivity contribution is 6.07. The van der Waals surface area contributed by atoms with E-state index in [2.05, 4.69) is 21.7 Å². The fourth-order valence-corrected chi connectivity index (χ4v) is 6.73. The molecule has 3 amide bonds. The van der Waals surface area contributed by atoms with Crippen LogP contribution in [0.25, 0.3) is 5.69 Å². The molecule has 1 fully saturated rings. The first-order chi connectivity index (χ1) is 21.7. The van der Waals surface area contributed by atoms with E-state index in [9.17, 15) is 32.8 Å². The Kier molecular flexibility index (Phi) is 8.07. The number of carbonyl (C=O) groups excluding carboxylic acids is 3. The Morgan fingerprint density at radius 1 is 1.11 bits per heavy atom. The van der Waals surface area contributed by atoms with Gasteiger partial charge in [-0.05, 0) is 42.9 Å².